The van der Waals surface area contributed by atoms with Crippen molar-refractivity contribution in [3.63, 3.8) is 0 Å². The largest absolute Gasteiger partial charge is 0.493 e. The molecule has 0 amide bonds. The molecule has 1 aromatic carbocycles. The van der Waals surface area contributed by atoms with Crippen molar-refractivity contribution in [2.75, 3.05) is 7.11 Å². The standard InChI is InChI=1S/C19H20N2O2S/c1-22-19-10-15(11-21-13-16-4-2-8-20-12-16)6-7-18(19)23-14-17-5-3-9-24-17/h2-10,12,21H,11,13-14H2,1H3. The molecular weight excluding hydrogens is 320 g/mol. The minimum Gasteiger partial charge on any atom is -0.493 e. The molecule has 0 atom stereocenters. The Morgan fingerprint density at radius 3 is 2.71 bits per heavy atom. The number of nitrogens with zero attached hydrogens (tertiary/aromatic N) is 1. The smallest absolute Gasteiger partial charge is 0.161 e. The molecule has 0 radical (unpaired) electrons. The van der Waals surface area contributed by atoms with Crippen LogP contribution >= 0.6 is 11.3 Å². The van der Waals surface area contributed by atoms with E-state index in [4.69, 9.17) is 9.47 Å². The normalized spacial score (nSPS) is 10.5. The number of nitrogens with one attached hydrogen (secondary N) is 1. The fraction of sp³-hybridized carbons (Fsp3) is 0.211. The van der Waals surface area contributed by atoms with Crippen LogP contribution in [0.15, 0.2) is 60.2 Å². The van der Waals surface area contributed by atoms with E-state index in [1.54, 1.807) is 24.6 Å². The van der Waals surface area contributed by atoms with Crippen molar-refractivity contribution in [3.8, 4) is 11.5 Å². The predicted octanol–water partition coefficient (Wildman–Crippen LogP) is 4.02. The Bertz CT molecular complexity index is 745. The van der Waals surface area contributed by atoms with Gasteiger partial charge in [-0.25, -0.2) is 0 Å². The third-order valence-corrected chi connectivity index (χ3v) is 4.41. The minimum atomic E-state index is 0.562. The molecule has 0 saturated heterocycles. The van der Waals surface area contributed by atoms with Gasteiger partial charge in [0.15, 0.2) is 11.5 Å². The van der Waals surface area contributed by atoms with Crippen molar-refractivity contribution in [1.82, 2.24) is 10.3 Å². The number of rotatable bonds is 8. The van der Waals surface area contributed by atoms with E-state index in [-0.39, 0.29) is 0 Å². The highest BCUT2D eigenvalue weighted by molar-refractivity contribution is 7.09. The van der Waals surface area contributed by atoms with Crippen molar-refractivity contribution in [2.24, 2.45) is 0 Å². The maximum atomic E-state index is 5.86. The zero-order valence-corrected chi connectivity index (χ0v) is 14.4. The second-order valence-corrected chi connectivity index (χ2v) is 6.35. The lowest BCUT2D eigenvalue weighted by Gasteiger charge is -2.12. The molecule has 3 rings (SSSR count). The van der Waals surface area contributed by atoms with Crippen LogP contribution in [0.3, 0.4) is 0 Å². The second-order valence-electron chi connectivity index (χ2n) is 5.32. The number of benzene rings is 1. The van der Waals surface area contributed by atoms with Crippen LogP contribution in [-0.4, -0.2) is 12.1 Å². The molecule has 3 aromatic rings. The molecule has 0 bridgehead atoms. The summed E-state index contributed by atoms with van der Waals surface area (Å²) in [5.74, 6) is 1.52. The predicted molar refractivity (Wildman–Crippen MR) is 96.4 cm³/mol. The van der Waals surface area contributed by atoms with Crippen LogP contribution in [-0.2, 0) is 19.7 Å². The van der Waals surface area contributed by atoms with Crippen LogP contribution in [0.5, 0.6) is 11.5 Å². The van der Waals surface area contributed by atoms with Gasteiger partial charge in [0.05, 0.1) is 7.11 Å². The Hall–Kier alpha value is -2.37. The summed E-state index contributed by atoms with van der Waals surface area (Å²) in [7, 11) is 1.67. The Balaban J connectivity index is 1.56. The molecule has 124 valence electrons. The number of pyridine rings is 1. The molecule has 5 heteroatoms. The molecule has 0 saturated carbocycles. The highest BCUT2D eigenvalue weighted by Crippen LogP contribution is 2.29. The average molecular weight is 340 g/mol. The van der Waals surface area contributed by atoms with E-state index < -0.39 is 0 Å². The lowest BCUT2D eigenvalue weighted by molar-refractivity contribution is 0.287. The van der Waals surface area contributed by atoms with Gasteiger partial charge in [0.2, 0.25) is 0 Å². The molecule has 0 spiro atoms. The SMILES string of the molecule is COc1cc(CNCc2cccnc2)ccc1OCc1cccs1. The van der Waals surface area contributed by atoms with Gasteiger partial charge in [-0.05, 0) is 40.8 Å². The highest BCUT2D eigenvalue weighted by Gasteiger charge is 2.06. The van der Waals surface area contributed by atoms with E-state index >= 15 is 0 Å². The monoisotopic (exact) mass is 340 g/mol. The lowest BCUT2D eigenvalue weighted by Crippen LogP contribution is -2.12. The van der Waals surface area contributed by atoms with E-state index in [1.807, 2.05) is 35.8 Å². The van der Waals surface area contributed by atoms with Gasteiger partial charge in [0.25, 0.3) is 0 Å². The first-order chi connectivity index (χ1) is 11.8. The van der Waals surface area contributed by atoms with E-state index in [9.17, 15) is 0 Å². The fourth-order valence-corrected chi connectivity index (χ4v) is 2.95. The Kier molecular flexibility index (Phi) is 5.82. The van der Waals surface area contributed by atoms with Crippen molar-refractivity contribution < 1.29 is 9.47 Å². The number of aromatic nitrogens is 1. The van der Waals surface area contributed by atoms with Crippen molar-refractivity contribution in [2.45, 2.75) is 19.7 Å². The summed E-state index contributed by atoms with van der Waals surface area (Å²) >= 11 is 1.69. The number of hydrogen-bond donors (Lipinski definition) is 1. The first-order valence-electron chi connectivity index (χ1n) is 7.77. The quantitative estimate of drug-likeness (QED) is 0.672. The molecule has 2 aromatic heterocycles. The fourth-order valence-electron chi connectivity index (χ4n) is 2.34. The average Bonchev–Trinajstić information content (AvgIpc) is 3.15. The van der Waals surface area contributed by atoms with Crippen LogP contribution < -0.4 is 14.8 Å². The van der Waals surface area contributed by atoms with Crippen molar-refractivity contribution in [3.05, 3.63) is 76.2 Å². The first kappa shape index (κ1) is 16.5. The van der Waals surface area contributed by atoms with E-state index in [0.29, 0.717) is 6.61 Å². The van der Waals surface area contributed by atoms with Gasteiger partial charge < -0.3 is 14.8 Å². The number of ether oxygens (including phenoxy) is 2. The Morgan fingerprint density at radius 1 is 1.04 bits per heavy atom. The van der Waals surface area contributed by atoms with Crippen LogP contribution in [0.2, 0.25) is 0 Å². The molecule has 2 heterocycles. The molecule has 0 aliphatic heterocycles. The molecular formula is C19H20N2O2S. The van der Waals surface area contributed by atoms with Crippen molar-refractivity contribution >= 4 is 11.3 Å². The Labute approximate surface area is 146 Å². The van der Waals surface area contributed by atoms with E-state index in [2.05, 4.69) is 28.5 Å². The molecule has 0 aliphatic rings. The van der Waals surface area contributed by atoms with Gasteiger partial charge in [0.1, 0.15) is 6.61 Å². The summed E-state index contributed by atoms with van der Waals surface area (Å²) in [6.07, 6.45) is 3.65. The molecule has 0 unspecified atom stereocenters. The maximum Gasteiger partial charge on any atom is 0.161 e. The van der Waals surface area contributed by atoms with Gasteiger partial charge in [-0.2, -0.15) is 0 Å². The summed E-state index contributed by atoms with van der Waals surface area (Å²) < 4.78 is 11.3. The maximum absolute atomic E-state index is 5.86. The molecule has 1 N–H and O–H groups in total. The summed E-state index contributed by atoms with van der Waals surface area (Å²) in [4.78, 5) is 5.31. The van der Waals surface area contributed by atoms with Crippen LogP contribution in [0.4, 0.5) is 0 Å². The third kappa shape index (κ3) is 4.57. The van der Waals surface area contributed by atoms with Gasteiger partial charge in [-0.3, -0.25) is 4.98 Å². The first-order valence-corrected chi connectivity index (χ1v) is 8.65. The zero-order valence-electron chi connectivity index (χ0n) is 13.6. The molecule has 4 nitrogen and oxygen atoms in total. The number of hydrogen-bond acceptors (Lipinski definition) is 5. The van der Waals surface area contributed by atoms with Gasteiger partial charge >= 0.3 is 0 Å². The number of thiophene rings is 1. The van der Waals surface area contributed by atoms with Gasteiger partial charge in [0, 0.05) is 30.4 Å². The van der Waals surface area contributed by atoms with Crippen LogP contribution in [0.1, 0.15) is 16.0 Å². The summed E-state index contributed by atoms with van der Waals surface area (Å²) in [5, 5.41) is 5.46. The zero-order chi connectivity index (χ0) is 16.6. The lowest BCUT2D eigenvalue weighted by atomic mass is 10.2. The third-order valence-electron chi connectivity index (χ3n) is 3.56. The van der Waals surface area contributed by atoms with Crippen LogP contribution in [0, 0.1) is 0 Å². The Morgan fingerprint density at radius 2 is 1.96 bits per heavy atom. The molecule has 0 fully saturated rings. The van der Waals surface area contributed by atoms with Crippen molar-refractivity contribution in [1.29, 1.82) is 0 Å². The highest BCUT2D eigenvalue weighted by atomic mass is 32.1. The topological polar surface area (TPSA) is 43.4 Å². The molecule has 24 heavy (non-hydrogen) atoms. The van der Waals surface area contributed by atoms with Crippen LogP contribution in [0.25, 0.3) is 0 Å². The van der Waals surface area contributed by atoms with Gasteiger partial charge in [-0.1, -0.05) is 18.2 Å². The van der Waals surface area contributed by atoms with E-state index in [1.165, 1.54) is 10.4 Å². The summed E-state index contributed by atoms with van der Waals surface area (Å²) in [6.45, 7) is 2.11. The minimum absolute atomic E-state index is 0.562. The number of methoxy groups -OCH3 is 1. The van der Waals surface area contributed by atoms with Gasteiger partial charge in [-0.15, -0.1) is 11.3 Å². The summed E-state index contributed by atoms with van der Waals surface area (Å²) in [6, 6.07) is 14.1. The summed E-state index contributed by atoms with van der Waals surface area (Å²) in [5.41, 5.74) is 2.32. The van der Waals surface area contributed by atoms with E-state index in [0.717, 1.165) is 30.2 Å². The molecule has 0 aliphatic carbocycles. The second kappa shape index (κ2) is 8.47.